The van der Waals surface area contributed by atoms with Crippen molar-refractivity contribution in [1.82, 2.24) is 15.0 Å². The summed E-state index contributed by atoms with van der Waals surface area (Å²) in [4.78, 5) is 24.4. The third-order valence-corrected chi connectivity index (χ3v) is 9.68. The lowest BCUT2D eigenvalue weighted by molar-refractivity contribution is -0.577. The van der Waals surface area contributed by atoms with Crippen molar-refractivity contribution in [3.05, 3.63) is 57.2 Å². The highest BCUT2D eigenvalue weighted by molar-refractivity contribution is 5.84. The van der Waals surface area contributed by atoms with E-state index in [0.29, 0.717) is 29.7 Å². The van der Waals surface area contributed by atoms with E-state index in [9.17, 15) is 4.79 Å². The standard InChI is InChI=1S/C30H37N3O7/c1-16-10-18(3)26-20(12-25(34)36-24(26)11-16)13-33-14-21(31-32-33)15-35-27-19(4)23-7-6-17(2)22-8-9-29(5)38-28(37-27)30(22,23)40-39-29/h10-12,14,17,19,22-23,27-28H,6-9,13,15H2,1-5H3/t17-,19-,22+,23+,27+,28-,29-,30-/m1/s1. The summed E-state index contributed by atoms with van der Waals surface area (Å²) >= 11 is 0. The lowest BCUT2D eigenvalue weighted by Crippen LogP contribution is -2.70. The van der Waals surface area contributed by atoms with Gasteiger partial charge in [0.25, 0.3) is 0 Å². The SMILES string of the molecule is Cc1cc(C)c2c(Cn3cc(CO[C@H]4O[C@@H]5O[C@@]6(C)CC[C@H]7[C@H](C)CC[C@@H]([C@H]4C)[C@@]57OO6)nn3)cc(=O)oc2c1. The Kier molecular flexibility index (Phi) is 6.21. The van der Waals surface area contributed by atoms with Gasteiger partial charge in [0, 0.05) is 29.7 Å². The maximum Gasteiger partial charge on any atom is 0.336 e. The molecule has 4 aliphatic heterocycles. The van der Waals surface area contributed by atoms with E-state index in [2.05, 4.69) is 30.2 Å². The molecule has 2 bridgehead atoms. The fourth-order valence-electron chi connectivity index (χ4n) is 7.78. The van der Waals surface area contributed by atoms with Crippen LogP contribution in [0.4, 0.5) is 0 Å². The van der Waals surface area contributed by atoms with Gasteiger partial charge in [0.1, 0.15) is 11.3 Å². The van der Waals surface area contributed by atoms with Gasteiger partial charge in [-0.05, 0) is 74.6 Å². The first-order chi connectivity index (χ1) is 19.1. The van der Waals surface area contributed by atoms with Gasteiger partial charge < -0.3 is 18.6 Å². The first-order valence-corrected chi connectivity index (χ1v) is 14.4. The Bertz CT molecular complexity index is 1500. The molecule has 1 aliphatic carbocycles. The fraction of sp³-hybridized carbons (Fsp3) is 0.633. The van der Waals surface area contributed by atoms with E-state index in [1.165, 1.54) is 6.07 Å². The molecule has 0 amide bonds. The zero-order chi connectivity index (χ0) is 27.8. The third kappa shape index (κ3) is 4.15. The van der Waals surface area contributed by atoms with Gasteiger partial charge in [0.05, 0.1) is 19.3 Å². The molecule has 10 nitrogen and oxygen atoms in total. The van der Waals surface area contributed by atoms with Crippen LogP contribution in [-0.4, -0.2) is 39.0 Å². The summed E-state index contributed by atoms with van der Waals surface area (Å²) in [5.41, 5.74) is 3.21. The zero-order valence-corrected chi connectivity index (χ0v) is 23.7. The Morgan fingerprint density at radius 2 is 1.95 bits per heavy atom. The summed E-state index contributed by atoms with van der Waals surface area (Å²) in [5.74, 6) is 0.280. The molecule has 0 unspecified atom stereocenters. The Morgan fingerprint density at radius 3 is 2.80 bits per heavy atom. The van der Waals surface area contributed by atoms with Gasteiger partial charge in [-0.1, -0.05) is 25.1 Å². The normalized spacial score (nSPS) is 36.9. The number of nitrogens with zero attached hydrogens (tertiary/aromatic N) is 3. The van der Waals surface area contributed by atoms with Crippen LogP contribution in [0.5, 0.6) is 0 Å². The van der Waals surface area contributed by atoms with Crippen LogP contribution in [0.2, 0.25) is 0 Å². The van der Waals surface area contributed by atoms with Gasteiger partial charge >= 0.3 is 5.63 Å². The topological polar surface area (TPSA) is 107 Å². The fourth-order valence-corrected chi connectivity index (χ4v) is 7.78. The summed E-state index contributed by atoms with van der Waals surface area (Å²) in [5, 5.41) is 9.56. The Hall–Kier alpha value is -2.63. The van der Waals surface area contributed by atoms with Crippen molar-refractivity contribution in [2.24, 2.45) is 23.7 Å². The van der Waals surface area contributed by atoms with Crippen molar-refractivity contribution < 1.29 is 28.4 Å². The molecule has 6 heterocycles. The Morgan fingerprint density at radius 1 is 1.10 bits per heavy atom. The largest absolute Gasteiger partial charge is 0.423 e. The van der Waals surface area contributed by atoms with Crippen LogP contribution in [0.15, 0.2) is 33.6 Å². The molecule has 1 spiro atoms. The molecule has 1 saturated carbocycles. The molecule has 0 radical (unpaired) electrons. The summed E-state index contributed by atoms with van der Waals surface area (Å²) in [6.45, 7) is 11.0. The Balaban J connectivity index is 1.08. The summed E-state index contributed by atoms with van der Waals surface area (Å²) < 4.78 is 26.5. The van der Waals surface area contributed by atoms with Crippen LogP contribution in [0.25, 0.3) is 11.0 Å². The monoisotopic (exact) mass is 551 g/mol. The number of aryl methyl sites for hydroxylation is 2. The minimum atomic E-state index is -0.818. The highest BCUT2D eigenvalue weighted by Crippen LogP contribution is 2.60. The predicted molar refractivity (Wildman–Crippen MR) is 143 cm³/mol. The number of benzene rings is 1. The lowest BCUT2D eigenvalue weighted by Gasteiger charge is -2.60. The van der Waals surface area contributed by atoms with E-state index < -0.39 is 24.0 Å². The van der Waals surface area contributed by atoms with Crippen LogP contribution in [0.1, 0.15) is 68.8 Å². The Labute approximate surface area is 232 Å². The zero-order valence-electron chi connectivity index (χ0n) is 23.7. The maximum absolute atomic E-state index is 12.2. The van der Waals surface area contributed by atoms with Gasteiger partial charge in [-0.15, -0.1) is 5.10 Å². The van der Waals surface area contributed by atoms with E-state index >= 15 is 0 Å². The van der Waals surface area contributed by atoms with Crippen molar-refractivity contribution in [2.45, 2.75) is 97.4 Å². The second kappa shape index (κ2) is 9.46. The number of aromatic nitrogens is 3. The van der Waals surface area contributed by atoms with Crippen molar-refractivity contribution in [3.63, 3.8) is 0 Å². The molecular weight excluding hydrogens is 514 g/mol. The van der Waals surface area contributed by atoms with Gasteiger partial charge in [0.2, 0.25) is 5.79 Å². The molecular formula is C30H37N3O7. The smallest absolute Gasteiger partial charge is 0.336 e. The molecule has 2 aromatic heterocycles. The molecule has 1 aromatic carbocycles. The van der Waals surface area contributed by atoms with Gasteiger partial charge in [0.15, 0.2) is 18.2 Å². The maximum atomic E-state index is 12.2. The van der Waals surface area contributed by atoms with Crippen molar-refractivity contribution >= 4 is 11.0 Å². The minimum Gasteiger partial charge on any atom is -0.423 e. The molecule has 0 N–H and O–H groups in total. The first-order valence-electron chi connectivity index (χ1n) is 14.4. The van der Waals surface area contributed by atoms with E-state index in [4.69, 9.17) is 28.4 Å². The molecule has 4 saturated heterocycles. The average molecular weight is 552 g/mol. The molecule has 8 atom stereocenters. The van der Waals surface area contributed by atoms with Gasteiger partial charge in [-0.25, -0.2) is 19.3 Å². The number of fused-ring (bicyclic) bond motifs is 3. The highest BCUT2D eigenvalue weighted by Gasteiger charge is 2.69. The molecule has 8 rings (SSSR count). The number of hydrogen-bond donors (Lipinski definition) is 0. The summed E-state index contributed by atoms with van der Waals surface area (Å²) in [6.07, 6.45) is 4.74. The van der Waals surface area contributed by atoms with Crippen LogP contribution in [0, 0.1) is 37.5 Å². The van der Waals surface area contributed by atoms with Crippen molar-refractivity contribution in [2.75, 3.05) is 0 Å². The summed E-state index contributed by atoms with van der Waals surface area (Å²) in [7, 11) is 0. The van der Waals surface area contributed by atoms with Gasteiger partial charge in [-0.3, -0.25) is 0 Å². The van der Waals surface area contributed by atoms with E-state index in [1.807, 2.05) is 33.0 Å². The van der Waals surface area contributed by atoms with Crippen LogP contribution >= 0.6 is 0 Å². The van der Waals surface area contributed by atoms with Gasteiger partial charge in [-0.2, -0.15) is 0 Å². The van der Waals surface area contributed by atoms with E-state index in [-0.39, 0.29) is 24.1 Å². The first kappa shape index (κ1) is 26.3. The molecule has 40 heavy (non-hydrogen) atoms. The van der Waals surface area contributed by atoms with Crippen molar-refractivity contribution in [1.29, 1.82) is 0 Å². The summed E-state index contributed by atoms with van der Waals surface area (Å²) in [6, 6.07) is 5.50. The third-order valence-electron chi connectivity index (χ3n) is 9.68. The minimum absolute atomic E-state index is 0.0808. The predicted octanol–water partition coefficient (Wildman–Crippen LogP) is 4.77. The molecule has 5 aliphatic rings. The molecule has 214 valence electrons. The van der Waals surface area contributed by atoms with E-state index in [0.717, 1.165) is 47.8 Å². The second-order valence-corrected chi connectivity index (χ2v) is 12.5. The average Bonchev–Trinajstić information content (AvgIpc) is 3.21. The van der Waals surface area contributed by atoms with Crippen LogP contribution in [-0.2, 0) is 37.1 Å². The molecule has 3 aromatic rings. The van der Waals surface area contributed by atoms with Crippen molar-refractivity contribution in [3.8, 4) is 0 Å². The van der Waals surface area contributed by atoms with Crippen LogP contribution in [0.3, 0.4) is 0 Å². The molecule has 5 fully saturated rings. The number of ether oxygens (including phenoxy) is 3. The highest BCUT2D eigenvalue weighted by atomic mass is 17.3. The van der Waals surface area contributed by atoms with E-state index in [1.54, 1.807) is 4.68 Å². The van der Waals surface area contributed by atoms with Crippen LogP contribution < -0.4 is 5.63 Å². The second-order valence-electron chi connectivity index (χ2n) is 12.5. The lowest BCUT2D eigenvalue weighted by atomic mass is 9.58. The molecule has 10 heteroatoms. The number of rotatable bonds is 5. The number of hydrogen-bond acceptors (Lipinski definition) is 9. The quantitative estimate of drug-likeness (QED) is 0.327.